The summed E-state index contributed by atoms with van der Waals surface area (Å²) in [5, 5.41) is 29.0. The minimum Gasteiger partial charge on any atom is -0.467 e. The summed E-state index contributed by atoms with van der Waals surface area (Å²) >= 11 is 2.50. The first-order valence-corrected chi connectivity index (χ1v) is 5.57. The first-order chi connectivity index (χ1) is 8.31. The summed E-state index contributed by atoms with van der Waals surface area (Å²) in [6.45, 7) is 1.03. The maximum atomic E-state index is 11.5. The smallest absolute Gasteiger partial charge is 0.337 e. The van der Waals surface area contributed by atoms with Crippen molar-refractivity contribution < 1.29 is 38.2 Å². The Morgan fingerprint density at radius 1 is 1.28 bits per heavy atom. The molecule has 0 aromatic rings. The quantitative estimate of drug-likeness (QED) is 0.521. The number of hydrogen-bond donors (Lipinski definition) is 3. The second kappa shape index (κ2) is 5.59. The predicted molar refractivity (Wildman–Crippen MR) is 58.3 cm³/mol. The fourth-order valence-electron chi connectivity index (χ4n) is 1.63. The van der Waals surface area contributed by atoms with Crippen LogP contribution < -0.4 is 0 Å². The fourth-order valence-corrected chi connectivity index (χ4v) is 2.13. The average molecular weight is 329 g/mol. The summed E-state index contributed by atoms with van der Waals surface area (Å²) in [6, 6.07) is 0. The SMILES string of the molecule is COC(=O)[C@H]1O[C@@](OBr)(C(C)=O)[C@H](O)[C@@H](O)[C@@H]1O. The van der Waals surface area contributed by atoms with Crippen molar-refractivity contribution in [3.63, 3.8) is 0 Å². The van der Waals surface area contributed by atoms with Crippen LogP contribution in [0.5, 0.6) is 0 Å². The van der Waals surface area contributed by atoms with Crippen LogP contribution in [0, 0.1) is 0 Å². The second-order valence-electron chi connectivity index (χ2n) is 3.79. The van der Waals surface area contributed by atoms with Gasteiger partial charge in [0.1, 0.15) is 34.6 Å². The van der Waals surface area contributed by atoms with Gasteiger partial charge in [0.2, 0.25) is 0 Å². The molecule has 1 aliphatic heterocycles. The van der Waals surface area contributed by atoms with Crippen molar-refractivity contribution in [2.75, 3.05) is 7.11 Å². The molecule has 1 aliphatic rings. The van der Waals surface area contributed by atoms with Gasteiger partial charge in [-0.3, -0.25) is 8.62 Å². The zero-order valence-electron chi connectivity index (χ0n) is 9.57. The molecule has 1 saturated heterocycles. The molecule has 1 heterocycles. The summed E-state index contributed by atoms with van der Waals surface area (Å²) in [6.07, 6.45) is -7.09. The van der Waals surface area contributed by atoms with E-state index in [1.165, 1.54) is 0 Å². The molecule has 1 fully saturated rings. The third-order valence-electron chi connectivity index (χ3n) is 2.71. The molecule has 0 aromatic heterocycles. The van der Waals surface area contributed by atoms with E-state index < -0.39 is 42.0 Å². The van der Waals surface area contributed by atoms with E-state index in [1.807, 2.05) is 0 Å². The first kappa shape index (κ1) is 15.5. The molecule has 1 rings (SSSR count). The van der Waals surface area contributed by atoms with Crippen molar-refractivity contribution in [1.29, 1.82) is 0 Å². The third kappa shape index (κ3) is 2.29. The molecule has 104 valence electrons. The van der Waals surface area contributed by atoms with Crippen LogP contribution in [0.25, 0.3) is 0 Å². The number of ketones is 1. The molecule has 0 unspecified atom stereocenters. The third-order valence-corrected chi connectivity index (χ3v) is 3.19. The number of halogens is 1. The topological polar surface area (TPSA) is 123 Å². The zero-order valence-corrected chi connectivity index (χ0v) is 11.2. The molecule has 18 heavy (non-hydrogen) atoms. The van der Waals surface area contributed by atoms with E-state index in [0.717, 1.165) is 14.0 Å². The number of aliphatic hydroxyl groups excluding tert-OH is 3. The van der Waals surface area contributed by atoms with Gasteiger partial charge in [-0.2, -0.15) is 0 Å². The maximum Gasteiger partial charge on any atom is 0.337 e. The summed E-state index contributed by atoms with van der Waals surface area (Å²) in [5.41, 5.74) is 0. The number of hydrogen-bond acceptors (Lipinski definition) is 8. The normalized spacial score (nSPS) is 40.3. The van der Waals surface area contributed by atoms with Gasteiger partial charge in [0.15, 0.2) is 11.9 Å². The average Bonchev–Trinajstić information content (AvgIpc) is 2.35. The summed E-state index contributed by atoms with van der Waals surface area (Å²) in [7, 11) is 1.04. The van der Waals surface area contributed by atoms with Gasteiger partial charge in [-0.25, -0.2) is 4.79 Å². The molecule has 0 aliphatic carbocycles. The Morgan fingerprint density at radius 3 is 2.22 bits per heavy atom. The van der Waals surface area contributed by atoms with Gasteiger partial charge in [0, 0.05) is 6.92 Å². The fraction of sp³-hybridized carbons (Fsp3) is 0.778. The lowest BCUT2D eigenvalue weighted by Gasteiger charge is -2.44. The molecule has 0 aromatic carbocycles. The number of ether oxygens (including phenoxy) is 2. The minimum atomic E-state index is -2.29. The van der Waals surface area contributed by atoms with Crippen molar-refractivity contribution in [1.82, 2.24) is 0 Å². The first-order valence-electron chi connectivity index (χ1n) is 4.92. The Bertz CT molecular complexity index is 347. The standard InChI is InChI=1S/C9H13BrO8/c1-3(11)9(18-10)7(14)5(13)4(12)6(17-9)8(15)16-2/h4-7,12-14H,1-2H3/t4-,5-,6-,7+,9+/m0/s1. The van der Waals surface area contributed by atoms with E-state index in [9.17, 15) is 24.9 Å². The van der Waals surface area contributed by atoms with Gasteiger partial charge >= 0.3 is 5.97 Å². The lowest BCUT2D eigenvalue weighted by Crippen LogP contribution is -2.68. The number of esters is 1. The van der Waals surface area contributed by atoms with E-state index in [2.05, 4.69) is 24.8 Å². The molecule has 0 spiro atoms. The van der Waals surface area contributed by atoms with Crippen LogP contribution in [0.2, 0.25) is 0 Å². The van der Waals surface area contributed by atoms with E-state index >= 15 is 0 Å². The molecule has 9 heteroatoms. The van der Waals surface area contributed by atoms with E-state index in [-0.39, 0.29) is 0 Å². The molecule has 0 radical (unpaired) electrons. The summed E-state index contributed by atoms with van der Waals surface area (Å²) < 4.78 is 13.9. The number of carbonyl (C=O) groups is 2. The molecule has 0 amide bonds. The molecule has 3 N–H and O–H groups in total. The number of methoxy groups -OCH3 is 1. The van der Waals surface area contributed by atoms with E-state index in [4.69, 9.17) is 4.74 Å². The lowest BCUT2D eigenvalue weighted by molar-refractivity contribution is -0.307. The van der Waals surface area contributed by atoms with Gasteiger partial charge < -0.3 is 24.8 Å². The van der Waals surface area contributed by atoms with Crippen LogP contribution in [0.4, 0.5) is 0 Å². The van der Waals surface area contributed by atoms with Crippen molar-refractivity contribution in [2.24, 2.45) is 0 Å². The number of Topliss-reactive ketones (excluding diaryl/α,β-unsaturated/α-hetero) is 1. The van der Waals surface area contributed by atoms with E-state index in [0.29, 0.717) is 0 Å². The van der Waals surface area contributed by atoms with Gasteiger partial charge in [-0.05, 0) is 0 Å². The second-order valence-corrected chi connectivity index (χ2v) is 4.11. The number of carbonyl (C=O) groups excluding carboxylic acids is 2. The monoisotopic (exact) mass is 328 g/mol. The molecular formula is C9H13BrO8. The highest BCUT2D eigenvalue weighted by molar-refractivity contribution is 9.06. The Kier molecular flexibility index (Phi) is 4.81. The highest BCUT2D eigenvalue weighted by atomic mass is 79.9. The van der Waals surface area contributed by atoms with Gasteiger partial charge in [-0.1, -0.05) is 0 Å². The van der Waals surface area contributed by atoms with Crippen molar-refractivity contribution >= 4 is 28.0 Å². The van der Waals surface area contributed by atoms with Crippen LogP contribution >= 0.6 is 16.3 Å². The Balaban J connectivity index is 3.15. The van der Waals surface area contributed by atoms with Crippen LogP contribution in [0.3, 0.4) is 0 Å². The molecule has 5 atom stereocenters. The van der Waals surface area contributed by atoms with E-state index in [1.54, 1.807) is 0 Å². The van der Waals surface area contributed by atoms with Gasteiger partial charge in [0.05, 0.1) is 7.11 Å². The van der Waals surface area contributed by atoms with Crippen molar-refractivity contribution in [3.05, 3.63) is 0 Å². The van der Waals surface area contributed by atoms with Crippen LogP contribution in [-0.2, 0) is 22.9 Å². The minimum absolute atomic E-state index is 0.799. The molecule has 0 saturated carbocycles. The number of rotatable bonds is 3. The summed E-state index contributed by atoms with van der Waals surface area (Å²) in [4.78, 5) is 22.9. The largest absolute Gasteiger partial charge is 0.467 e. The van der Waals surface area contributed by atoms with Crippen LogP contribution in [0.1, 0.15) is 6.92 Å². The van der Waals surface area contributed by atoms with Crippen molar-refractivity contribution in [2.45, 2.75) is 37.1 Å². The highest BCUT2D eigenvalue weighted by Gasteiger charge is 2.59. The zero-order chi connectivity index (χ0) is 14.1. The maximum absolute atomic E-state index is 11.5. The number of aliphatic hydroxyl groups is 3. The Hall–Kier alpha value is -0.580. The van der Waals surface area contributed by atoms with Crippen molar-refractivity contribution in [3.8, 4) is 0 Å². The lowest BCUT2D eigenvalue weighted by atomic mass is 9.90. The molecule has 8 nitrogen and oxygen atoms in total. The van der Waals surface area contributed by atoms with Crippen LogP contribution in [0.15, 0.2) is 0 Å². The highest BCUT2D eigenvalue weighted by Crippen LogP contribution is 2.34. The van der Waals surface area contributed by atoms with Gasteiger partial charge in [0.25, 0.3) is 5.79 Å². The predicted octanol–water partition coefficient (Wildman–Crippen LogP) is -1.75. The summed E-state index contributed by atoms with van der Waals surface area (Å²) in [5.74, 6) is -4.10. The Labute approximate surface area is 111 Å². The van der Waals surface area contributed by atoms with Crippen LogP contribution in [-0.4, -0.2) is 64.4 Å². The van der Waals surface area contributed by atoms with Gasteiger partial charge in [-0.15, -0.1) is 0 Å². The molecule has 0 bridgehead atoms. The molecular weight excluding hydrogens is 316 g/mol. The Morgan fingerprint density at radius 2 is 1.83 bits per heavy atom.